The third kappa shape index (κ3) is 8.03. The lowest BCUT2D eigenvalue weighted by molar-refractivity contribution is -0.144. The van der Waals surface area contributed by atoms with Crippen molar-refractivity contribution >= 4 is 11.9 Å². The summed E-state index contributed by atoms with van der Waals surface area (Å²) in [6, 6.07) is 0. The molecule has 0 bridgehead atoms. The molecule has 0 spiro atoms. The summed E-state index contributed by atoms with van der Waals surface area (Å²) in [7, 11) is 0. The van der Waals surface area contributed by atoms with Crippen LogP contribution in [0.1, 0.15) is 33.6 Å². The Morgan fingerprint density at radius 1 is 1.12 bits per heavy atom. The molecular weight excluding hydrogens is 208 g/mol. The van der Waals surface area contributed by atoms with Crippen molar-refractivity contribution in [2.75, 3.05) is 13.2 Å². The summed E-state index contributed by atoms with van der Waals surface area (Å²) in [4.78, 5) is 22.1. The van der Waals surface area contributed by atoms with E-state index in [4.69, 9.17) is 9.47 Å². The van der Waals surface area contributed by atoms with Gasteiger partial charge >= 0.3 is 11.9 Å². The number of hydrogen-bond acceptors (Lipinski definition) is 4. The summed E-state index contributed by atoms with van der Waals surface area (Å²) < 4.78 is 9.58. The number of carbonyl (C=O) groups excluding carboxylic acids is 2. The maximum atomic E-state index is 11.1. The Balaban J connectivity index is 3.77. The van der Waals surface area contributed by atoms with Crippen LogP contribution in [0.3, 0.4) is 0 Å². The Labute approximate surface area is 96.6 Å². The van der Waals surface area contributed by atoms with Crippen LogP contribution in [0.5, 0.6) is 0 Å². The molecular formula is C12H20O4. The molecule has 0 rings (SSSR count). The van der Waals surface area contributed by atoms with Crippen molar-refractivity contribution in [2.45, 2.75) is 33.6 Å². The molecule has 0 aliphatic rings. The van der Waals surface area contributed by atoms with Gasteiger partial charge in [-0.3, -0.25) is 9.59 Å². The van der Waals surface area contributed by atoms with Gasteiger partial charge in [-0.2, -0.15) is 0 Å². The average Bonchev–Trinajstić information content (AvgIpc) is 2.18. The lowest BCUT2D eigenvalue weighted by atomic mass is 10.1. The molecule has 4 heteroatoms. The number of ether oxygens (including phenoxy) is 2. The zero-order chi connectivity index (χ0) is 12.4. The van der Waals surface area contributed by atoms with Crippen LogP contribution in [0.15, 0.2) is 12.2 Å². The van der Waals surface area contributed by atoms with E-state index in [9.17, 15) is 9.59 Å². The molecule has 1 unspecified atom stereocenters. The van der Waals surface area contributed by atoms with Gasteiger partial charge in [0.1, 0.15) is 0 Å². The first-order chi connectivity index (χ1) is 7.60. The lowest BCUT2D eigenvalue weighted by Gasteiger charge is -2.05. The summed E-state index contributed by atoms with van der Waals surface area (Å²) >= 11 is 0. The largest absolute Gasteiger partial charge is 0.466 e. The lowest BCUT2D eigenvalue weighted by Crippen LogP contribution is -2.08. The molecule has 0 saturated heterocycles. The van der Waals surface area contributed by atoms with Crippen molar-refractivity contribution < 1.29 is 19.1 Å². The Morgan fingerprint density at radius 3 is 2.25 bits per heavy atom. The van der Waals surface area contributed by atoms with E-state index < -0.39 is 0 Å². The molecule has 0 saturated carbocycles. The van der Waals surface area contributed by atoms with Crippen LogP contribution in [0, 0.1) is 5.92 Å². The standard InChI is InChI=1S/C12H20O4/c1-4-15-11(13)8-6-7-10(3)9-12(14)16-5-2/h6-7,10H,4-5,8-9H2,1-3H3/b7-6+. The van der Waals surface area contributed by atoms with Gasteiger partial charge in [-0.05, 0) is 19.8 Å². The van der Waals surface area contributed by atoms with E-state index in [1.165, 1.54) is 0 Å². The topological polar surface area (TPSA) is 52.6 Å². The van der Waals surface area contributed by atoms with Gasteiger partial charge < -0.3 is 9.47 Å². The Bertz CT molecular complexity index is 245. The van der Waals surface area contributed by atoms with E-state index in [1.54, 1.807) is 19.9 Å². The molecule has 0 aromatic rings. The summed E-state index contributed by atoms with van der Waals surface area (Å²) in [5.41, 5.74) is 0. The number of rotatable bonds is 7. The SMILES string of the molecule is CCOC(=O)C/C=C/C(C)CC(=O)OCC. The highest BCUT2D eigenvalue weighted by molar-refractivity contribution is 5.71. The molecule has 0 radical (unpaired) electrons. The second-order valence-corrected chi connectivity index (χ2v) is 3.42. The quantitative estimate of drug-likeness (QED) is 0.494. The number of allylic oxidation sites excluding steroid dienone is 1. The fourth-order valence-electron chi connectivity index (χ4n) is 1.17. The first-order valence-electron chi connectivity index (χ1n) is 5.58. The van der Waals surface area contributed by atoms with Crippen molar-refractivity contribution in [1.82, 2.24) is 0 Å². The van der Waals surface area contributed by atoms with Gasteiger partial charge in [0.15, 0.2) is 0 Å². The van der Waals surface area contributed by atoms with Gasteiger partial charge in [-0.1, -0.05) is 19.1 Å². The van der Waals surface area contributed by atoms with Gasteiger partial charge in [0.05, 0.1) is 26.1 Å². The van der Waals surface area contributed by atoms with Crippen molar-refractivity contribution in [3.8, 4) is 0 Å². The summed E-state index contributed by atoms with van der Waals surface area (Å²) in [5, 5.41) is 0. The highest BCUT2D eigenvalue weighted by atomic mass is 16.5. The van der Waals surface area contributed by atoms with Gasteiger partial charge in [-0.15, -0.1) is 0 Å². The Morgan fingerprint density at radius 2 is 1.69 bits per heavy atom. The monoisotopic (exact) mass is 228 g/mol. The Kier molecular flexibility index (Phi) is 8.21. The van der Waals surface area contributed by atoms with Crippen molar-refractivity contribution in [3.05, 3.63) is 12.2 Å². The highest BCUT2D eigenvalue weighted by Crippen LogP contribution is 2.06. The predicted molar refractivity (Wildman–Crippen MR) is 60.8 cm³/mol. The summed E-state index contributed by atoms with van der Waals surface area (Å²) in [6.45, 7) is 6.24. The van der Waals surface area contributed by atoms with Gasteiger partial charge in [0.25, 0.3) is 0 Å². The van der Waals surface area contributed by atoms with Crippen molar-refractivity contribution in [1.29, 1.82) is 0 Å². The maximum Gasteiger partial charge on any atom is 0.309 e. The van der Waals surface area contributed by atoms with Crippen LogP contribution >= 0.6 is 0 Å². The minimum absolute atomic E-state index is 0.0773. The van der Waals surface area contributed by atoms with Crippen LogP contribution < -0.4 is 0 Å². The van der Waals surface area contributed by atoms with E-state index in [1.807, 2.05) is 13.0 Å². The third-order valence-electron chi connectivity index (χ3n) is 1.85. The van der Waals surface area contributed by atoms with Crippen molar-refractivity contribution in [3.63, 3.8) is 0 Å². The molecule has 1 atom stereocenters. The van der Waals surface area contributed by atoms with Gasteiger partial charge in [-0.25, -0.2) is 0 Å². The molecule has 16 heavy (non-hydrogen) atoms. The van der Waals surface area contributed by atoms with Crippen LogP contribution in [0.4, 0.5) is 0 Å². The van der Waals surface area contributed by atoms with Gasteiger partial charge in [0.2, 0.25) is 0 Å². The van der Waals surface area contributed by atoms with Crippen molar-refractivity contribution in [2.24, 2.45) is 5.92 Å². The first kappa shape index (κ1) is 14.7. The predicted octanol–water partition coefficient (Wildman–Crippen LogP) is 2.09. The molecule has 0 aliphatic carbocycles. The molecule has 0 amide bonds. The zero-order valence-electron chi connectivity index (χ0n) is 10.2. The molecule has 0 aliphatic heterocycles. The van der Waals surface area contributed by atoms with E-state index in [0.717, 1.165) is 0 Å². The minimum Gasteiger partial charge on any atom is -0.466 e. The van der Waals surface area contributed by atoms with Crippen LogP contribution in [0.2, 0.25) is 0 Å². The summed E-state index contributed by atoms with van der Waals surface area (Å²) in [5.74, 6) is -0.383. The number of carbonyl (C=O) groups is 2. The van der Waals surface area contributed by atoms with Crippen LogP contribution in [-0.2, 0) is 19.1 Å². The van der Waals surface area contributed by atoms with E-state index >= 15 is 0 Å². The van der Waals surface area contributed by atoms with Crippen LogP contribution in [-0.4, -0.2) is 25.2 Å². The number of hydrogen-bond donors (Lipinski definition) is 0. The highest BCUT2D eigenvalue weighted by Gasteiger charge is 2.06. The second kappa shape index (κ2) is 8.95. The van der Waals surface area contributed by atoms with E-state index in [0.29, 0.717) is 19.6 Å². The molecule has 0 heterocycles. The van der Waals surface area contributed by atoms with Crippen LogP contribution in [0.25, 0.3) is 0 Å². The molecule has 92 valence electrons. The van der Waals surface area contributed by atoms with Gasteiger partial charge in [0, 0.05) is 0 Å². The average molecular weight is 228 g/mol. The number of esters is 2. The fraction of sp³-hybridized carbons (Fsp3) is 0.667. The first-order valence-corrected chi connectivity index (χ1v) is 5.58. The maximum absolute atomic E-state index is 11.1. The van der Waals surface area contributed by atoms with E-state index in [2.05, 4.69) is 0 Å². The van der Waals surface area contributed by atoms with E-state index in [-0.39, 0.29) is 24.3 Å². The normalized spacial score (nSPS) is 12.4. The summed E-state index contributed by atoms with van der Waals surface area (Å²) in [6.07, 6.45) is 4.14. The molecule has 0 fully saturated rings. The second-order valence-electron chi connectivity index (χ2n) is 3.42. The minimum atomic E-state index is -0.248. The molecule has 0 aromatic carbocycles. The molecule has 0 N–H and O–H groups in total. The zero-order valence-corrected chi connectivity index (χ0v) is 10.2. The molecule has 4 nitrogen and oxygen atoms in total. The fourth-order valence-corrected chi connectivity index (χ4v) is 1.17. The Hall–Kier alpha value is -1.32. The molecule has 0 aromatic heterocycles. The third-order valence-corrected chi connectivity index (χ3v) is 1.85. The smallest absolute Gasteiger partial charge is 0.309 e.